The Morgan fingerprint density at radius 1 is 1.10 bits per heavy atom. The molecule has 3 rings (SSSR count). The van der Waals surface area contributed by atoms with Gasteiger partial charge in [0.25, 0.3) is 0 Å². The van der Waals surface area contributed by atoms with E-state index in [1.165, 1.54) is 12.1 Å². The maximum atomic E-state index is 12.8. The maximum absolute atomic E-state index is 12.8. The second-order valence-corrected chi connectivity index (χ2v) is 7.74. The molecule has 1 aromatic heterocycles. The monoisotopic (exact) mass is 405 g/mol. The zero-order chi connectivity index (χ0) is 21.2. The number of amides is 1. The Morgan fingerprint density at radius 2 is 1.76 bits per heavy atom. The van der Waals surface area contributed by atoms with Crippen LogP contribution in [0.1, 0.15) is 43.8 Å². The third-order valence-electron chi connectivity index (χ3n) is 4.15. The molecule has 29 heavy (non-hydrogen) atoms. The number of ether oxygens (including phenoxy) is 1. The van der Waals surface area contributed by atoms with Gasteiger partial charge in [0.1, 0.15) is 11.4 Å². The number of carbonyl (C=O) groups excluding carboxylic acids is 1. The van der Waals surface area contributed by atoms with Crippen molar-refractivity contribution in [3.8, 4) is 0 Å². The first-order chi connectivity index (χ1) is 13.5. The molecule has 8 heteroatoms. The smallest absolute Gasteiger partial charge is 0.416 e. The van der Waals surface area contributed by atoms with Gasteiger partial charge < -0.3 is 15.0 Å². The minimum absolute atomic E-state index is 0.247. The summed E-state index contributed by atoms with van der Waals surface area (Å²) in [4.78, 5) is 20.0. The van der Waals surface area contributed by atoms with Gasteiger partial charge in [-0.2, -0.15) is 13.2 Å². The highest BCUT2D eigenvalue weighted by Crippen LogP contribution is 2.30. The number of imidazole rings is 1. The van der Waals surface area contributed by atoms with Crippen LogP contribution in [0.15, 0.2) is 48.5 Å². The Labute approximate surface area is 166 Å². The van der Waals surface area contributed by atoms with E-state index in [2.05, 4.69) is 15.3 Å². The van der Waals surface area contributed by atoms with Crippen molar-refractivity contribution >= 4 is 17.1 Å². The average Bonchev–Trinajstić information content (AvgIpc) is 3.03. The summed E-state index contributed by atoms with van der Waals surface area (Å²) in [5.74, 6) is 0.497. The molecule has 0 spiro atoms. The van der Waals surface area contributed by atoms with Gasteiger partial charge in [-0.15, -0.1) is 0 Å². The molecule has 0 radical (unpaired) electrons. The van der Waals surface area contributed by atoms with Crippen LogP contribution in [0.25, 0.3) is 11.0 Å². The van der Waals surface area contributed by atoms with E-state index >= 15 is 0 Å². The fourth-order valence-corrected chi connectivity index (χ4v) is 2.87. The summed E-state index contributed by atoms with van der Waals surface area (Å²) in [5.41, 5.74) is 0.745. The molecule has 2 N–H and O–H groups in total. The predicted molar refractivity (Wildman–Crippen MR) is 103 cm³/mol. The highest BCUT2D eigenvalue weighted by atomic mass is 19.4. The lowest BCUT2D eigenvalue weighted by molar-refractivity contribution is -0.137. The Kier molecular flexibility index (Phi) is 5.55. The number of hydrogen-bond donors (Lipinski definition) is 2. The standard InChI is InChI=1S/C21H22F3N3O2/c1-20(2,3)29-19(28)27-17(18-25-15-6-4-5-7-16(15)26-18)12-13-8-10-14(11-9-13)21(22,23)24/h4-11,17H,12H2,1-3H3,(H,25,26)(H,27,28)/t17-/m1/s1. The summed E-state index contributed by atoms with van der Waals surface area (Å²) < 4.78 is 43.7. The van der Waals surface area contributed by atoms with Crippen LogP contribution < -0.4 is 5.32 Å². The molecule has 1 heterocycles. The lowest BCUT2D eigenvalue weighted by Gasteiger charge is -2.23. The number of aromatic amines is 1. The SMILES string of the molecule is CC(C)(C)OC(=O)N[C@H](Cc1ccc(C(F)(F)F)cc1)c1nc2ccccc2[nH]1. The fourth-order valence-electron chi connectivity index (χ4n) is 2.87. The lowest BCUT2D eigenvalue weighted by atomic mass is 10.0. The summed E-state index contributed by atoms with van der Waals surface area (Å²) in [6, 6.07) is 11.6. The van der Waals surface area contributed by atoms with Gasteiger partial charge in [-0.3, -0.25) is 0 Å². The molecule has 1 amide bonds. The molecular formula is C21H22F3N3O2. The quantitative estimate of drug-likeness (QED) is 0.612. The number of alkyl carbamates (subject to hydrolysis) is 1. The van der Waals surface area contributed by atoms with Crippen molar-refractivity contribution in [1.29, 1.82) is 0 Å². The van der Waals surface area contributed by atoms with E-state index < -0.39 is 29.5 Å². The van der Waals surface area contributed by atoms with Crippen molar-refractivity contribution in [2.24, 2.45) is 0 Å². The normalized spacial score (nSPS) is 13.3. The number of para-hydroxylation sites is 2. The van der Waals surface area contributed by atoms with E-state index in [-0.39, 0.29) is 6.42 Å². The molecule has 0 aliphatic rings. The number of rotatable bonds is 4. The molecular weight excluding hydrogens is 383 g/mol. The number of fused-ring (bicyclic) bond motifs is 1. The van der Waals surface area contributed by atoms with Crippen molar-refractivity contribution in [3.63, 3.8) is 0 Å². The summed E-state index contributed by atoms with van der Waals surface area (Å²) >= 11 is 0. The Bertz CT molecular complexity index is 956. The number of alkyl halides is 3. The van der Waals surface area contributed by atoms with Crippen LogP contribution in [0.3, 0.4) is 0 Å². The van der Waals surface area contributed by atoms with Crippen LogP contribution >= 0.6 is 0 Å². The Balaban J connectivity index is 1.86. The molecule has 0 unspecified atom stereocenters. The third-order valence-corrected chi connectivity index (χ3v) is 4.15. The van der Waals surface area contributed by atoms with Gasteiger partial charge in [0, 0.05) is 6.42 Å². The predicted octanol–water partition coefficient (Wildman–Crippen LogP) is 5.39. The number of hydrogen-bond acceptors (Lipinski definition) is 3. The van der Waals surface area contributed by atoms with Crippen molar-refractivity contribution in [3.05, 3.63) is 65.5 Å². The molecule has 2 aromatic carbocycles. The summed E-state index contributed by atoms with van der Waals surface area (Å²) in [6.07, 6.45) is -4.78. The van der Waals surface area contributed by atoms with E-state index in [4.69, 9.17) is 4.74 Å². The first-order valence-electron chi connectivity index (χ1n) is 9.11. The van der Waals surface area contributed by atoms with E-state index in [1.807, 2.05) is 24.3 Å². The molecule has 0 saturated heterocycles. The Morgan fingerprint density at radius 3 is 2.34 bits per heavy atom. The van der Waals surface area contributed by atoms with Gasteiger partial charge in [-0.05, 0) is 50.6 Å². The van der Waals surface area contributed by atoms with Crippen LogP contribution in [-0.2, 0) is 17.3 Å². The third kappa shape index (κ3) is 5.49. The average molecular weight is 405 g/mol. The molecule has 0 aliphatic carbocycles. The van der Waals surface area contributed by atoms with Crippen LogP contribution in [0.4, 0.5) is 18.0 Å². The largest absolute Gasteiger partial charge is 0.444 e. The van der Waals surface area contributed by atoms with Crippen LogP contribution in [0.5, 0.6) is 0 Å². The maximum Gasteiger partial charge on any atom is 0.416 e. The summed E-state index contributed by atoms with van der Waals surface area (Å²) in [6.45, 7) is 5.25. The van der Waals surface area contributed by atoms with E-state index in [0.717, 1.165) is 23.2 Å². The van der Waals surface area contributed by atoms with Gasteiger partial charge in [-0.25, -0.2) is 9.78 Å². The minimum atomic E-state index is -4.40. The number of benzene rings is 2. The van der Waals surface area contributed by atoms with Crippen LogP contribution in [0, 0.1) is 0 Å². The number of carbonyl (C=O) groups is 1. The zero-order valence-electron chi connectivity index (χ0n) is 16.3. The summed E-state index contributed by atoms with van der Waals surface area (Å²) in [5, 5.41) is 2.77. The molecule has 154 valence electrons. The molecule has 5 nitrogen and oxygen atoms in total. The molecule has 0 bridgehead atoms. The second kappa shape index (κ2) is 7.77. The van der Waals surface area contributed by atoms with Gasteiger partial charge in [-0.1, -0.05) is 24.3 Å². The first-order valence-corrected chi connectivity index (χ1v) is 9.11. The topological polar surface area (TPSA) is 67.0 Å². The number of aromatic nitrogens is 2. The Hall–Kier alpha value is -3.03. The van der Waals surface area contributed by atoms with Crippen LogP contribution in [0.2, 0.25) is 0 Å². The van der Waals surface area contributed by atoms with Crippen molar-refractivity contribution in [1.82, 2.24) is 15.3 Å². The molecule has 3 aromatic rings. The molecule has 0 saturated carbocycles. The number of halogens is 3. The van der Waals surface area contributed by atoms with Crippen molar-refractivity contribution in [2.45, 2.75) is 45.0 Å². The molecule has 0 aliphatic heterocycles. The molecule has 0 fully saturated rings. The van der Waals surface area contributed by atoms with Gasteiger partial charge in [0.2, 0.25) is 0 Å². The highest BCUT2D eigenvalue weighted by Gasteiger charge is 2.30. The van der Waals surface area contributed by atoms with Crippen molar-refractivity contribution in [2.75, 3.05) is 0 Å². The zero-order valence-corrected chi connectivity index (χ0v) is 16.3. The molecule has 1 atom stereocenters. The lowest BCUT2D eigenvalue weighted by Crippen LogP contribution is -2.36. The van der Waals surface area contributed by atoms with Gasteiger partial charge in [0.05, 0.1) is 22.6 Å². The first kappa shape index (κ1) is 20.7. The van der Waals surface area contributed by atoms with E-state index in [1.54, 1.807) is 20.8 Å². The van der Waals surface area contributed by atoms with Crippen LogP contribution in [-0.4, -0.2) is 21.7 Å². The van der Waals surface area contributed by atoms with Gasteiger partial charge >= 0.3 is 12.3 Å². The van der Waals surface area contributed by atoms with Gasteiger partial charge in [0.15, 0.2) is 0 Å². The minimum Gasteiger partial charge on any atom is -0.444 e. The number of nitrogens with zero attached hydrogens (tertiary/aromatic N) is 1. The highest BCUT2D eigenvalue weighted by molar-refractivity contribution is 5.75. The summed E-state index contributed by atoms with van der Waals surface area (Å²) in [7, 11) is 0. The number of nitrogens with one attached hydrogen (secondary N) is 2. The fraction of sp³-hybridized carbons (Fsp3) is 0.333. The van der Waals surface area contributed by atoms with Crippen molar-refractivity contribution < 1.29 is 22.7 Å². The van der Waals surface area contributed by atoms with E-state index in [9.17, 15) is 18.0 Å². The number of H-pyrrole nitrogens is 1. The second-order valence-electron chi connectivity index (χ2n) is 7.74. The van der Waals surface area contributed by atoms with E-state index in [0.29, 0.717) is 11.4 Å².